The number of ketones is 1. The van der Waals surface area contributed by atoms with Crippen LogP contribution in [0.3, 0.4) is 0 Å². The van der Waals surface area contributed by atoms with Gasteiger partial charge >= 0.3 is 0 Å². The topological polar surface area (TPSA) is 96.6 Å². The fourth-order valence-corrected chi connectivity index (χ4v) is 4.09. The highest BCUT2D eigenvalue weighted by Crippen LogP contribution is 2.62. The van der Waals surface area contributed by atoms with Crippen LogP contribution in [0.15, 0.2) is 29.4 Å². The van der Waals surface area contributed by atoms with Crippen LogP contribution in [0.25, 0.3) is 0 Å². The fraction of sp³-hybridized carbons (Fsp3) is 0.471. The lowest BCUT2D eigenvalue weighted by Crippen LogP contribution is -2.34. The molecule has 0 heterocycles. The first-order valence-corrected chi connectivity index (χ1v) is 8.51. The molecule has 2 aliphatic rings. The second-order valence-corrected chi connectivity index (χ2v) is 7.75. The molecule has 0 aliphatic heterocycles. The van der Waals surface area contributed by atoms with E-state index in [1.54, 1.807) is 12.1 Å². The first kappa shape index (κ1) is 17.5. The Bertz CT molecular complexity index is 805. The Balaban J connectivity index is 1.71. The highest BCUT2D eigenvalue weighted by molar-refractivity contribution is 7.80. The zero-order valence-electron chi connectivity index (χ0n) is 14.3. The molecule has 8 heteroatoms. The second kappa shape index (κ2) is 5.87. The minimum absolute atomic E-state index is 0.0305. The van der Waals surface area contributed by atoms with Crippen LogP contribution < -0.4 is 10.7 Å². The molecule has 2 aliphatic carbocycles. The van der Waals surface area contributed by atoms with E-state index in [2.05, 4.69) is 29.7 Å². The van der Waals surface area contributed by atoms with Crippen molar-refractivity contribution >= 4 is 40.2 Å². The van der Waals surface area contributed by atoms with Gasteiger partial charge in [-0.1, -0.05) is 26.8 Å². The van der Waals surface area contributed by atoms with Crippen LogP contribution in [0, 0.1) is 26.9 Å². The van der Waals surface area contributed by atoms with Gasteiger partial charge in [-0.05, 0) is 36.5 Å². The van der Waals surface area contributed by atoms with Crippen molar-refractivity contribution in [1.29, 1.82) is 0 Å². The van der Waals surface area contributed by atoms with Gasteiger partial charge in [0.15, 0.2) is 10.9 Å². The third kappa shape index (κ3) is 2.70. The van der Waals surface area contributed by atoms with Crippen LogP contribution >= 0.6 is 12.2 Å². The van der Waals surface area contributed by atoms with Gasteiger partial charge in [0, 0.05) is 29.2 Å². The zero-order chi connectivity index (χ0) is 18.4. The van der Waals surface area contributed by atoms with E-state index in [0.717, 1.165) is 12.8 Å². The number of anilines is 1. The number of hydrazone groups is 1. The maximum Gasteiger partial charge on any atom is 0.271 e. The first-order chi connectivity index (χ1) is 11.7. The van der Waals surface area contributed by atoms with Gasteiger partial charge in [0.2, 0.25) is 0 Å². The summed E-state index contributed by atoms with van der Waals surface area (Å²) in [4.78, 5) is 23.0. The lowest BCUT2D eigenvalue weighted by molar-refractivity contribution is -0.384. The van der Waals surface area contributed by atoms with E-state index < -0.39 is 4.92 Å². The molecule has 0 radical (unpaired) electrons. The van der Waals surface area contributed by atoms with Gasteiger partial charge in [0.05, 0.1) is 4.92 Å². The van der Waals surface area contributed by atoms with Crippen LogP contribution in [0.2, 0.25) is 0 Å². The van der Waals surface area contributed by atoms with Crippen LogP contribution in [0.4, 0.5) is 11.4 Å². The molecule has 2 bridgehead atoms. The summed E-state index contributed by atoms with van der Waals surface area (Å²) in [5, 5.41) is 18.1. The molecule has 25 heavy (non-hydrogen) atoms. The number of hydrogen-bond donors (Lipinski definition) is 2. The second-order valence-electron chi connectivity index (χ2n) is 7.34. The van der Waals surface area contributed by atoms with Crippen molar-refractivity contribution in [3.8, 4) is 0 Å². The molecule has 0 saturated heterocycles. The van der Waals surface area contributed by atoms with Gasteiger partial charge in [-0.15, -0.1) is 0 Å². The third-order valence-corrected chi connectivity index (χ3v) is 6.08. The summed E-state index contributed by atoms with van der Waals surface area (Å²) in [5.41, 5.74) is 3.23. The number of nitro benzene ring substituents is 1. The SMILES string of the molecule is CC12CCC(/C(=N/NC(=S)Nc3cccc([N+](=O)[O-])c3)C1=O)C2(C)C. The maximum atomic E-state index is 12.7. The third-order valence-electron chi connectivity index (χ3n) is 5.88. The van der Waals surface area contributed by atoms with Crippen molar-refractivity contribution in [2.75, 3.05) is 5.32 Å². The normalized spacial score (nSPS) is 28.2. The summed E-state index contributed by atoms with van der Waals surface area (Å²) in [6.45, 7) is 6.24. The number of fused-ring (bicyclic) bond motifs is 2. The summed E-state index contributed by atoms with van der Waals surface area (Å²) < 4.78 is 0. The molecule has 0 aromatic heterocycles. The Labute approximate surface area is 151 Å². The number of hydrogen-bond acceptors (Lipinski definition) is 5. The molecule has 2 saturated carbocycles. The molecule has 1 aromatic rings. The number of carbonyl (C=O) groups excluding carboxylic acids is 1. The number of nitro groups is 1. The van der Waals surface area contributed by atoms with Crippen LogP contribution in [0.1, 0.15) is 33.6 Å². The lowest BCUT2D eigenvalue weighted by Gasteiger charge is -2.31. The molecule has 2 atom stereocenters. The highest BCUT2D eigenvalue weighted by atomic mass is 32.1. The zero-order valence-corrected chi connectivity index (χ0v) is 15.1. The number of Topliss-reactive ketones (excluding diaryl/α,β-unsaturated/α-hetero) is 1. The fourth-order valence-electron chi connectivity index (χ4n) is 3.92. The molecule has 7 nitrogen and oxygen atoms in total. The van der Waals surface area contributed by atoms with Crippen molar-refractivity contribution in [3.05, 3.63) is 34.4 Å². The molecule has 132 valence electrons. The molecule has 2 fully saturated rings. The lowest BCUT2D eigenvalue weighted by atomic mass is 9.70. The van der Waals surface area contributed by atoms with Crippen molar-refractivity contribution in [1.82, 2.24) is 5.43 Å². The standard InChI is InChI=1S/C17H20N4O3S/c1-16(2)12-7-8-17(16,3)14(22)13(12)19-20-15(25)18-10-5-4-6-11(9-10)21(23)24/h4-6,9,12H,7-8H2,1-3H3,(H2,18,20,25)/b19-13-. The molecule has 0 spiro atoms. The molecule has 3 rings (SSSR count). The molecule has 2 unspecified atom stereocenters. The average Bonchev–Trinajstić information content (AvgIpc) is 2.86. The van der Waals surface area contributed by atoms with E-state index in [0.29, 0.717) is 11.4 Å². The van der Waals surface area contributed by atoms with Gasteiger partial charge in [-0.2, -0.15) is 5.10 Å². The number of rotatable bonds is 3. The molecular weight excluding hydrogens is 340 g/mol. The predicted octanol–water partition coefficient (Wildman–Crippen LogP) is 3.26. The van der Waals surface area contributed by atoms with E-state index in [-0.39, 0.29) is 33.3 Å². The molecular formula is C17H20N4O3S. The van der Waals surface area contributed by atoms with Crippen molar-refractivity contribution in [2.24, 2.45) is 21.8 Å². The van der Waals surface area contributed by atoms with E-state index in [1.165, 1.54) is 12.1 Å². The van der Waals surface area contributed by atoms with Crippen LogP contribution in [-0.4, -0.2) is 21.5 Å². The summed E-state index contributed by atoms with van der Waals surface area (Å²) in [7, 11) is 0. The first-order valence-electron chi connectivity index (χ1n) is 8.10. The van der Waals surface area contributed by atoms with Gasteiger partial charge in [0.1, 0.15) is 5.71 Å². The Morgan fingerprint density at radius 1 is 1.40 bits per heavy atom. The predicted molar refractivity (Wildman–Crippen MR) is 99.5 cm³/mol. The van der Waals surface area contributed by atoms with Gasteiger partial charge in [-0.3, -0.25) is 20.3 Å². The number of nitrogens with one attached hydrogen (secondary N) is 2. The molecule has 2 N–H and O–H groups in total. The highest BCUT2D eigenvalue weighted by Gasteiger charge is 2.65. The van der Waals surface area contributed by atoms with Crippen LogP contribution in [-0.2, 0) is 4.79 Å². The molecule has 1 aromatic carbocycles. The Kier molecular flexibility index (Phi) is 4.10. The molecule has 0 amide bonds. The number of nitrogens with zero attached hydrogens (tertiary/aromatic N) is 2. The van der Waals surface area contributed by atoms with Crippen molar-refractivity contribution in [2.45, 2.75) is 33.6 Å². The van der Waals surface area contributed by atoms with E-state index in [9.17, 15) is 14.9 Å². The van der Waals surface area contributed by atoms with E-state index in [4.69, 9.17) is 12.2 Å². The number of non-ortho nitro benzene ring substituents is 1. The summed E-state index contributed by atoms with van der Waals surface area (Å²) in [5.74, 6) is 0.206. The number of carbonyl (C=O) groups is 1. The van der Waals surface area contributed by atoms with Crippen LogP contribution in [0.5, 0.6) is 0 Å². The summed E-state index contributed by atoms with van der Waals surface area (Å²) in [6, 6.07) is 6.02. The minimum Gasteiger partial charge on any atom is -0.331 e. The Morgan fingerprint density at radius 3 is 2.72 bits per heavy atom. The summed E-state index contributed by atoms with van der Waals surface area (Å²) in [6.07, 6.45) is 1.83. The summed E-state index contributed by atoms with van der Waals surface area (Å²) >= 11 is 5.18. The largest absolute Gasteiger partial charge is 0.331 e. The van der Waals surface area contributed by atoms with Gasteiger partial charge < -0.3 is 5.32 Å². The smallest absolute Gasteiger partial charge is 0.271 e. The van der Waals surface area contributed by atoms with Gasteiger partial charge in [0.25, 0.3) is 5.69 Å². The van der Waals surface area contributed by atoms with E-state index >= 15 is 0 Å². The van der Waals surface area contributed by atoms with E-state index in [1.807, 2.05) is 6.92 Å². The monoisotopic (exact) mass is 360 g/mol. The number of thiocarbonyl (C=S) groups is 1. The average molecular weight is 360 g/mol. The van der Waals surface area contributed by atoms with Crippen molar-refractivity contribution < 1.29 is 9.72 Å². The maximum absolute atomic E-state index is 12.7. The Morgan fingerprint density at radius 2 is 2.12 bits per heavy atom. The number of benzene rings is 1. The Hall–Kier alpha value is -2.35. The van der Waals surface area contributed by atoms with Gasteiger partial charge in [-0.25, -0.2) is 0 Å². The quantitative estimate of drug-likeness (QED) is 0.488. The minimum atomic E-state index is -0.474. The van der Waals surface area contributed by atoms with Crippen molar-refractivity contribution in [3.63, 3.8) is 0 Å².